The van der Waals surface area contributed by atoms with Crippen LogP contribution in [0.3, 0.4) is 0 Å². The van der Waals surface area contributed by atoms with Gasteiger partial charge in [-0.1, -0.05) is 48.0 Å². The summed E-state index contributed by atoms with van der Waals surface area (Å²) in [6.07, 6.45) is 0. The molecule has 1 aromatic heterocycles. The molecule has 1 aliphatic heterocycles. The number of anilines is 1. The van der Waals surface area contributed by atoms with Crippen LogP contribution in [0.15, 0.2) is 48.5 Å². The number of hydrogen-bond donors (Lipinski definition) is 1. The van der Waals surface area contributed by atoms with E-state index in [0.29, 0.717) is 31.2 Å². The van der Waals surface area contributed by atoms with Gasteiger partial charge in [-0.25, -0.2) is 0 Å². The molecule has 3 aromatic rings. The molecule has 28 heavy (non-hydrogen) atoms. The van der Waals surface area contributed by atoms with Crippen molar-refractivity contribution in [1.82, 2.24) is 15.1 Å². The minimum absolute atomic E-state index is 0.00585. The van der Waals surface area contributed by atoms with Gasteiger partial charge >= 0.3 is 0 Å². The summed E-state index contributed by atoms with van der Waals surface area (Å²) in [6.45, 7) is 4.41. The summed E-state index contributed by atoms with van der Waals surface area (Å²) < 4.78 is 0. The van der Waals surface area contributed by atoms with E-state index in [0.717, 1.165) is 27.8 Å². The van der Waals surface area contributed by atoms with E-state index in [1.54, 1.807) is 6.92 Å². The maximum Gasteiger partial charge on any atom is 0.239 e. The number of nitrogens with zero attached hydrogens (tertiary/aromatic N) is 4. The van der Waals surface area contributed by atoms with Crippen molar-refractivity contribution in [3.63, 3.8) is 0 Å². The molecule has 7 heteroatoms. The number of fused-ring (bicyclic) bond motifs is 1. The Morgan fingerprint density at radius 2 is 1.64 bits per heavy atom. The predicted octanol–water partition coefficient (Wildman–Crippen LogP) is 2.95. The molecule has 0 saturated carbocycles. The van der Waals surface area contributed by atoms with Gasteiger partial charge in [-0.2, -0.15) is 0 Å². The smallest absolute Gasteiger partial charge is 0.239 e. The van der Waals surface area contributed by atoms with Gasteiger partial charge in [-0.05, 0) is 19.1 Å². The van der Waals surface area contributed by atoms with E-state index < -0.39 is 6.04 Å². The van der Waals surface area contributed by atoms with Crippen LogP contribution in [0, 0.1) is 0 Å². The molecule has 0 bridgehead atoms. The Balaban J connectivity index is 1.66. The zero-order chi connectivity index (χ0) is 19.7. The summed E-state index contributed by atoms with van der Waals surface area (Å²) in [6, 6.07) is 15.3. The van der Waals surface area contributed by atoms with E-state index >= 15 is 0 Å². The van der Waals surface area contributed by atoms with E-state index in [2.05, 4.69) is 27.2 Å². The molecule has 0 unspecified atom stereocenters. The average molecular weight is 396 g/mol. The number of halogens is 1. The standard InChI is InChI=1S/C21H22ClN5O/c1-14(23)21(28)27-12-10-26(11-13-27)20-18-5-3-2-4-17(18)19(24-25-20)15-6-8-16(22)9-7-15/h2-9,14H,10-13,23H2,1H3/t14-/m1/s1. The first-order chi connectivity index (χ1) is 13.5. The predicted molar refractivity (Wildman–Crippen MR) is 112 cm³/mol. The van der Waals surface area contributed by atoms with Gasteiger partial charge in [0.15, 0.2) is 5.82 Å². The maximum absolute atomic E-state index is 12.1. The summed E-state index contributed by atoms with van der Waals surface area (Å²) in [4.78, 5) is 16.1. The first-order valence-electron chi connectivity index (χ1n) is 9.35. The van der Waals surface area contributed by atoms with Crippen LogP contribution in [0.2, 0.25) is 5.02 Å². The fourth-order valence-electron chi connectivity index (χ4n) is 3.57. The fourth-order valence-corrected chi connectivity index (χ4v) is 3.70. The Morgan fingerprint density at radius 3 is 2.29 bits per heavy atom. The van der Waals surface area contributed by atoms with Gasteiger partial charge in [-0.15, -0.1) is 10.2 Å². The minimum Gasteiger partial charge on any atom is -0.351 e. The van der Waals surface area contributed by atoms with Crippen molar-refractivity contribution in [2.24, 2.45) is 5.73 Å². The molecular weight excluding hydrogens is 374 g/mol. The molecule has 6 nitrogen and oxygen atoms in total. The molecule has 144 valence electrons. The Kier molecular flexibility index (Phi) is 5.15. The molecule has 2 aromatic carbocycles. The number of piperazine rings is 1. The number of carbonyl (C=O) groups is 1. The first-order valence-corrected chi connectivity index (χ1v) is 9.73. The van der Waals surface area contributed by atoms with Crippen molar-refractivity contribution in [3.8, 4) is 11.3 Å². The Labute approximate surface area is 168 Å². The lowest BCUT2D eigenvalue weighted by Crippen LogP contribution is -2.52. The fraction of sp³-hybridized carbons (Fsp3) is 0.286. The van der Waals surface area contributed by atoms with E-state index in [4.69, 9.17) is 17.3 Å². The Hall–Kier alpha value is -2.70. The largest absolute Gasteiger partial charge is 0.351 e. The monoisotopic (exact) mass is 395 g/mol. The molecular formula is C21H22ClN5O. The number of nitrogens with two attached hydrogens (primary N) is 1. The number of aromatic nitrogens is 2. The zero-order valence-corrected chi connectivity index (χ0v) is 16.4. The van der Waals surface area contributed by atoms with Gasteiger partial charge < -0.3 is 15.5 Å². The third kappa shape index (κ3) is 3.53. The second kappa shape index (κ2) is 7.73. The minimum atomic E-state index is -0.467. The lowest BCUT2D eigenvalue weighted by Gasteiger charge is -2.36. The SMILES string of the molecule is C[C@@H](N)C(=O)N1CCN(c2nnc(-c3ccc(Cl)cc3)c3ccccc23)CC1. The van der Waals surface area contributed by atoms with E-state index in [1.165, 1.54) is 0 Å². The molecule has 1 saturated heterocycles. The molecule has 1 aliphatic rings. The lowest BCUT2D eigenvalue weighted by atomic mass is 10.0. The summed E-state index contributed by atoms with van der Waals surface area (Å²) in [5, 5.41) is 11.9. The Bertz CT molecular complexity index is 997. The topological polar surface area (TPSA) is 75.4 Å². The molecule has 1 atom stereocenters. The van der Waals surface area contributed by atoms with Crippen LogP contribution in [0.5, 0.6) is 0 Å². The molecule has 0 spiro atoms. The van der Waals surface area contributed by atoms with Crippen LogP contribution >= 0.6 is 11.6 Å². The third-order valence-electron chi connectivity index (χ3n) is 5.07. The van der Waals surface area contributed by atoms with Crippen LogP contribution < -0.4 is 10.6 Å². The van der Waals surface area contributed by atoms with Gasteiger partial charge in [0, 0.05) is 47.5 Å². The number of hydrogen-bond acceptors (Lipinski definition) is 5. The first kappa shape index (κ1) is 18.7. The second-order valence-electron chi connectivity index (χ2n) is 7.03. The number of benzene rings is 2. The summed E-state index contributed by atoms with van der Waals surface area (Å²) in [7, 11) is 0. The van der Waals surface area contributed by atoms with Crippen LogP contribution in [0.4, 0.5) is 5.82 Å². The average Bonchev–Trinajstić information content (AvgIpc) is 2.73. The highest BCUT2D eigenvalue weighted by atomic mass is 35.5. The number of rotatable bonds is 3. The molecule has 2 N–H and O–H groups in total. The van der Waals surface area contributed by atoms with Crippen molar-refractivity contribution in [2.45, 2.75) is 13.0 Å². The van der Waals surface area contributed by atoms with Crippen molar-refractivity contribution in [2.75, 3.05) is 31.1 Å². The highest BCUT2D eigenvalue weighted by Crippen LogP contribution is 2.32. The summed E-state index contributed by atoms with van der Waals surface area (Å²) >= 11 is 6.02. The number of carbonyl (C=O) groups excluding carboxylic acids is 1. The third-order valence-corrected chi connectivity index (χ3v) is 5.32. The normalized spacial score (nSPS) is 15.7. The van der Waals surface area contributed by atoms with Crippen molar-refractivity contribution in [1.29, 1.82) is 0 Å². The van der Waals surface area contributed by atoms with E-state index in [9.17, 15) is 4.79 Å². The van der Waals surface area contributed by atoms with Crippen molar-refractivity contribution >= 4 is 34.1 Å². The second-order valence-corrected chi connectivity index (χ2v) is 7.46. The van der Waals surface area contributed by atoms with Crippen LogP contribution in [0.1, 0.15) is 6.92 Å². The lowest BCUT2D eigenvalue weighted by molar-refractivity contribution is -0.132. The molecule has 1 amide bonds. The molecule has 2 heterocycles. The van der Waals surface area contributed by atoms with Gasteiger partial charge in [0.25, 0.3) is 0 Å². The molecule has 0 radical (unpaired) electrons. The summed E-state index contributed by atoms with van der Waals surface area (Å²) in [5.41, 5.74) is 7.55. The van der Waals surface area contributed by atoms with Crippen LogP contribution in [0.25, 0.3) is 22.0 Å². The molecule has 1 fully saturated rings. The molecule has 4 rings (SSSR count). The van der Waals surface area contributed by atoms with Crippen LogP contribution in [-0.4, -0.2) is 53.2 Å². The van der Waals surface area contributed by atoms with Gasteiger partial charge in [0.05, 0.1) is 6.04 Å². The molecule has 0 aliphatic carbocycles. The van der Waals surface area contributed by atoms with Crippen molar-refractivity contribution in [3.05, 3.63) is 53.6 Å². The zero-order valence-electron chi connectivity index (χ0n) is 15.7. The highest BCUT2D eigenvalue weighted by molar-refractivity contribution is 6.30. The van der Waals surface area contributed by atoms with E-state index in [-0.39, 0.29) is 5.91 Å². The van der Waals surface area contributed by atoms with Gasteiger partial charge in [0.2, 0.25) is 5.91 Å². The van der Waals surface area contributed by atoms with Crippen molar-refractivity contribution < 1.29 is 4.79 Å². The van der Waals surface area contributed by atoms with E-state index in [1.807, 2.05) is 41.3 Å². The quantitative estimate of drug-likeness (QED) is 0.737. The Morgan fingerprint density at radius 1 is 1.00 bits per heavy atom. The highest BCUT2D eigenvalue weighted by Gasteiger charge is 2.25. The van der Waals surface area contributed by atoms with Crippen LogP contribution in [-0.2, 0) is 4.79 Å². The summed E-state index contributed by atoms with van der Waals surface area (Å²) in [5.74, 6) is 0.842. The van der Waals surface area contributed by atoms with Gasteiger partial charge in [0.1, 0.15) is 5.69 Å². The maximum atomic E-state index is 12.1. The number of amides is 1. The van der Waals surface area contributed by atoms with Gasteiger partial charge in [-0.3, -0.25) is 4.79 Å².